The molecule has 3 aromatic carbocycles. The number of hydrogen-bond acceptors (Lipinski definition) is 4. The monoisotopic (exact) mass is 441 g/mol. The van der Waals surface area contributed by atoms with Crippen LogP contribution in [0, 0.1) is 12.7 Å². The van der Waals surface area contributed by atoms with E-state index in [0.29, 0.717) is 23.1 Å². The lowest BCUT2D eigenvalue weighted by Crippen LogP contribution is -2.24. The smallest absolute Gasteiger partial charge is 0.296 e. The first-order valence-corrected chi connectivity index (χ1v) is 10.5. The SMILES string of the molecule is Cc1ccc2c(c1)n(Cc1cccc(F)c1)c(=O)c1nc(C(=O)NCc3ccccc3)nn12. The highest BCUT2D eigenvalue weighted by molar-refractivity contribution is 5.91. The predicted octanol–water partition coefficient (Wildman–Crippen LogP) is 3.47. The molecule has 0 saturated carbocycles. The molecule has 2 aromatic heterocycles. The molecule has 1 N–H and O–H groups in total. The van der Waals surface area contributed by atoms with Crippen molar-refractivity contribution >= 4 is 22.6 Å². The summed E-state index contributed by atoms with van der Waals surface area (Å²) in [6.07, 6.45) is 0. The quantitative estimate of drug-likeness (QED) is 0.453. The Kier molecular flexibility index (Phi) is 5.18. The number of carbonyl (C=O) groups excluding carboxylic acids is 1. The molecule has 2 heterocycles. The molecule has 0 atom stereocenters. The molecule has 8 heteroatoms. The van der Waals surface area contributed by atoms with Crippen molar-refractivity contribution in [1.29, 1.82) is 0 Å². The second-order valence-electron chi connectivity index (χ2n) is 7.85. The summed E-state index contributed by atoms with van der Waals surface area (Å²) in [7, 11) is 0. The average molecular weight is 441 g/mol. The van der Waals surface area contributed by atoms with Gasteiger partial charge in [-0.2, -0.15) is 4.98 Å². The van der Waals surface area contributed by atoms with Crippen molar-refractivity contribution in [3.05, 3.63) is 111 Å². The topological polar surface area (TPSA) is 81.3 Å². The maximum atomic E-state index is 13.7. The average Bonchev–Trinajstić information content (AvgIpc) is 3.27. The molecule has 0 saturated heterocycles. The number of carbonyl (C=O) groups is 1. The van der Waals surface area contributed by atoms with Crippen LogP contribution in [0.5, 0.6) is 0 Å². The Morgan fingerprint density at radius 2 is 1.76 bits per heavy atom. The Hall–Kier alpha value is -4.33. The molecule has 0 unspecified atom stereocenters. The Bertz CT molecular complexity index is 1560. The first-order valence-electron chi connectivity index (χ1n) is 10.5. The lowest BCUT2D eigenvalue weighted by molar-refractivity contribution is 0.0941. The zero-order chi connectivity index (χ0) is 22.9. The van der Waals surface area contributed by atoms with Crippen LogP contribution in [0.1, 0.15) is 27.3 Å². The molecule has 1 amide bonds. The third kappa shape index (κ3) is 3.98. The zero-order valence-corrected chi connectivity index (χ0v) is 17.8. The van der Waals surface area contributed by atoms with Gasteiger partial charge in [0.25, 0.3) is 11.5 Å². The fourth-order valence-corrected chi connectivity index (χ4v) is 3.81. The van der Waals surface area contributed by atoms with Gasteiger partial charge in [0.1, 0.15) is 5.82 Å². The van der Waals surface area contributed by atoms with Crippen molar-refractivity contribution in [1.82, 2.24) is 24.5 Å². The third-order valence-corrected chi connectivity index (χ3v) is 5.42. The Balaban J connectivity index is 1.59. The van der Waals surface area contributed by atoms with Gasteiger partial charge in [-0.3, -0.25) is 14.2 Å². The first-order chi connectivity index (χ1) is 16.0. The van der Waals surface area contributed by atoms with E-state index in [1.807, 2.05) is 55.5 Å². The van der Waals surface area contributed by atoms with E-state index in [-0.39, 0.29) is 23.8 Å². The van der Waals surface area contributed by atoms with E-state index in [9.17, 15) is 14.0 Å². The molecule has 0 bridgehead atoms. The molecule has 164 valence electrons. The summed E-state index contributed by atoms with van der Waals surface area (Å²) in [5.41, 5.74) is 3.41. The number of halogens is 1. The van der Waals surface area contributed by atoms with Crippen LogP contribution in [0.4, 0.5) is 4.39 Å². The maximum absolute atomic E-state index is 13.7. The van der Waals surface area contributed by atoms with E-state index in [0.717, 1.165) is 11.1 Å². The van der Waals surface area contributed by atoms with Gasteiger partial charge in [0.15, 0.2) is 0 Å². The van der Waals surface area contributed by atoms with E-state index in [4.69, 9.17) is 0 Å². The molecule has 0 radical (unpaired) electrons. The van der Waals surface area contributed by atoms with Gasteiger partial charge in [-0.1, -0.05) is 48.5 Å². The van der Waals surface area contributed by atoms with Gasteiger partial charge in [0, 0.05) is 6.54 Å². The summed E-state index contributed by atoms with van der Waals surface area (Å²) < 4.78 is 16.7. The van der Waals surface area contributed by atoms with Gasteiger partial charge in [0.05, 0.1) is 17.6 Å². The number of nitrogens with zero attached hydrogens (tertiary/aromatic N) is 4. The highest BCUT2D eigenvalue weighted by atomic mass is 19.1. The number of fused-ring (bicyclic) bond motifs is 3. The van der Waals surface area contributed by atoms with Crippen LogP contribution in [-0.4, -0.2) is 25.1 Å². The van der Waals surface area contributed by atoms with Gasteiger partial charge in [-0.15, -0.1) is 5.10 Å². The summed E-state index contributed by atoms with van der Waals surface area (Å²) in [5, 5.41) is 7.11. The van der Waals surface area contributed by atoms with Crippen LogP contribution in [0.2, 0.25) is 0 Å². The fraction of sp³-hybridized carbons (Fsp3) is 0.120. The Morgan fingerprint density at radius 1 is 0.970 bits per heavy atom. The van der Waals surface area contributed by atoms with Gasteiger partial charge in [-0.25, -0.2) is 8.91 Å². The van der Waals surface area contributed by atoms with Crippen LogP contribution >= 0.6 is 0 Å². The number of hydrogen-bond donors (Lipinski definition) is 1. The summed E-state index contributed by atoms with van der Waals surface area (Å²) in [5.74, 6) is -0.936. The van der Waals surface area contributed by atoms with Gasteiger partial charge >= 0.3 is 0 Å². The van der Waals surface area contributed by atoms with E-state index in [1.165, 1.54) is 21.2 Å². The van der Waals surface area contributed by atoms with Gasteiger partial charge in [0.2, 0.25) is 11.5 Å². The van der Waals surface area contributed by atoms with E-state index >= 15 is 0 Å². The molecule has 0 aliphatic rings. The second-order valence-corrected chi connectivity index (χ2v) is 7.85. The molecular formula is C25H20FN5O2. The minimum absolute atomic E-state index is 0.0348. The highest BCUT2D eigenvalue weighted by Gasteiger charge is 2.19. The minimum Gasteiger partial charge on any atom is -0.345 e. The molecule has 7 nitrogen and oxygen atoms in total. The van der Waals surface area contributed by atoms with E-state index < -0.39 is 11.5 Å². The molecule has 0 fully saturated rings. The molecule has 5 aromatic rings. The van der Waals surface area contributed by atoms with Crippen molar-refractivity contribution in [3.63, 3.8) is 0 Å². The largest absolute Gasteiger partial charge is 0.345 e. The Morgan fingerprint density at radius 3 is 2.55 bits per heavy atom. The van der Waals surface area contributed by atoms with Crippen molar-refractivity contribution < 1.29 is 9.18 Å². The van der Waals surface area contributed by atoms with E-state index in [1.54, 1.807) is 12.1 Å². The third-order valence-electron chi connectivity index (χ3n) is 5.42. The molecule has 0 spiro atoms. The number of aryl methyl sites for hydroxylation is 1. The number of nitrogens with one attached hydrogen (secondary N) is 1. The number of rotatable bonds is 5. The fourth-order valence-electron chi connectivity index (χ4n) is 3.81. The first kappa shape index (κ1) is 20.6. The minimum atomic E-state index is -0.473. The number of amides is 1. The summed E-state index contributed by atoms with van der Waals surface area (Å²) in [4.78, 5) is 30.3. The van der Waals surface area contributed by atoms with Crippen LogP contribution in [0.15, 0.2) is 77.6 Å². The standard InChI is InChI=1S/C25H20FN5O2/c1-16-10-11-20-21(12-16)30(15-18-8-5-9-19(26)13-18)25(33)23-28-22(29-31(20)23)24(32)27-14-17-6-3-2-4-7-17/h2-13H,14-15H2,1H3,(H,27,32). The highest BCUT2D eigenvalue weighted by Crippen LogP contribution is 2.17. The molecular weight excluding hydrogens is 421 g/mol. The van der Waals surface area contributed by atoms with Crippen LogP contribution in [0.25, 0.3) is 16.7 Å². The van der Waals surface area contributed by atoms with Crippen LogP contribution in [0.3, 0.4) is 0 Å². The normalized spacial score (nSPS) is 11.2. The maximum Gasteiger partial charge on any atom is 0.296 e. The molecule has 0 aliphatic carbocycles. The lowest BCUT2D eigenvalue weighted by Gasteiger charge is -2.12. The summed E-state index contributed by atoms with van der Waals surface area (Å²) >= 11 is 0. The summed E-state index contributed by atoms with van der Waals surface area (Å²) in [6.45, 7) is 2.40. The molecule has 0 aliphatic heterocycles. The number of aromatic nitrogens is 4. The van der Waals surface area contributed by atoms with Crippen LogP contribution in [-0.2, 0) is 13.1 Å². The van der Waals surface area contributed by atoms with Gasteiger partial charge < -0.3 is 5.32 Å². The van der Waals surface area contributed by atoms with Crippen molar-refractivity contribution in [2.75, 3.05) is 0 Å². The van der Waals surface area contributed by atoms with Gasteiger partial charge in [-0.05, 0) is 47.9 Å². The van der Waals surface area contributed by atoms with Crippen molar-refractivity contribution in [2.24, 2.45) is 0 Å². The van der Waals surface area contributed by atoms with Crippen molar-refractivity contribution in [3.8, 4) is 0 Å². The number of benzene rings is 3. The van der Waals surface area contributed by atoms with Crippen molar-refractivity contribution in [2.45, 2.75) is 20.0 Å². The van der Waals surface area contributed by atoms with E-state index in [2.05, 4.69) is 15.4 Å². The molecule has 5 rings (SSSR count). The Labute approximate surface area is 188 Å². The zero-order valence-electron chi connectivity index (χ0n) is 17.8. The molecule has 33 heavy (non-hydrogen) atoms. The lowest BCUT2D eigenvalue weighted by atomic mass is 10.2. The van der Waals surface area contributed by atoms with Crippen LogP contribution < -0.4 is 10.9 Å². The summed E-state index contributed by atoms with van der Waals surface area (Å²) in [6, 6.07) is 21.2. The predicted molar refractivity (Wildman–Crippen MR) is 123 cm³/mol. The second kappa shape index (κ2) is 8.31.